The number of rotatable bonds is 5. The van der Waals surface area contributed by atoms with E-state index in [-0.39, 0.29) is 11.6 Å². The number of likely N-dealkylation sites (N-methyl/N-ethyl adjacent to an activating group) is 1. The largest absolute Gasteiger partial charge is 0.373 e. The Bertz CT molecular complexity index is 467. The maximum Gasteiger partial charge on any atom is 0.0878 e. The monoisotopic (exact) mass is 289 g/mol. The fourth-order valence-corrected chi connectivity index (χ4v) is 4.16. The molecule has 1 saturated carbocycles. The first-order chi connectivity index (χ1) is 10.0. The van der Waals surface area contributed by atoms with Gasteiger partial charge in [-0.2, -0.15) is 0 Å². The lowest BCUT2D eigenvalue weighted by Crippen LogP contribution is -2.48. The highest BCUT2D eigenvalue weighted by Gasteiger charge is 2.43. The minimum Gasteiger partial charge on any atom is -0.373 e. The summed E-state index contributed by atoms with van der Waals surface area (Å²) in [7, 11) is 2.07. The third-order valence-corrected chi connectivity index (χ3v) is 4.97. The molecule has 1 aromatic carbocycles. The van der Waals surface area contributed by atoms with Gasteiger partial charge < -0.3 is 10.1 Å². The second kappa shape index (κ2) is 6.93. The number of nitrogens with one attached hydrogen (secondary N) is 1. The molecule has 3 unspecified atom stereocenters. The molecule has 0 heterocycles. The Kier molecular flexibility index (Phi) is 5.45. The van der Waals surface area contributed by atoms with E-state index in [0.717, 1.165) is 25.4 Å². The molecule has 2 rings (SSSR count). The van der Waals surface area contributed by atoms with Crippen molar-refractivity contribution in [2.75, 3.05) is 13.7 Å². The maximum absolute atomic E-state index is 6.37. The van der Waals surface area contributed by atoms with Crippen molar-refractivity contribution in [3.8, 4) is 0 Å². The number of hydrogen-bond acceptors (Lipinski definition) is 2. The van der Waals surface area contributed by atoms with Crippen LogP contribution in [-0.4, -0.2) is 19.3 Å². The van der Waals surface area contributed by atoms with Crippen molar-refractivity contribution in [3.63, 3.8) is 0 Å². The topological polar surface area (TPSA) is 21.3 Å². The van der Waals surface area contributed by atoms with Crippen LogP contribution in [0.2, 0.25) is 0 Å². The summed E-state index contributed by atoms with van der Waals surface area (Å²) in [5.74, 6) is 0.743. The smallest absolute Gasteiger partial charge is 0.0878 e. The number of ether oxygens (including phenoxy) is 1. The van der Waals surface area contributed by atoms with Gasteiger partial charge in [-0.15, -0.1) is 0 Å². The zero-order chi connectivity index (χ0) is 15.5. The molecule has 0 aromatic heterocycles. The van der Waals surface area contributed by atoms with Crippen LogP contribution in [0.15, 0.2) is 18.2 Å². The van der Waals surface area contributed by atoms with Gasteiger partial charge in [0, 0.05) is 6.61 Å². The van der Waals surface area contributed by atoms with Crippen molar-refractivity contribution in [2.45, 2.75) is 65.0 Å². The zero-order valence-electron chi connectivity index (χ0n) is 14.3. The van der Waals surface area contributed by atoms with Gasteiger partial charge in [0.15, 0.2) is 0 Å². The van der Waals surface area contributed by atoms with E-state index in [0.29, 0.717) is 0 Å². The van der Waals surface area contributed by atoms with E-state index in [1.807, 2.05) is 0 Å². The third-order valence-electron chi connectivity index (χ3n) is 4.97. The fourth-order valence-electron chi connectivity index (χ4n) is 4.16. The van der Waals surface area contributed by atoms with E-state index in [2.05, 4.69) is 58.3 Å². The summed E-state index contributed by atoms with van der Waals surface area (Å²) in [5, 5.41) is 3.57. The van der Waals surface area contributed by atoms with E-state index < -0.39 is 0 Å². The molecule has 0 bridgehead atoms. The fraction of sp³-hybridized carbons (Fsp3) is 0.684. The lowest BCUT2D eigenvalue weighted by molar-refractivity contribution is -0.100. The molecule has 21 heavy (non-hydrogen) atoms. The zero-order valence-corrected chi connectivity index (χ0v) is 14.3. The number of hydrogen-bond donors (Lipinski definition) is 1. The van der Waals surface area contributed by atoms with E-state index in [1.165, 1.54) is 29.5 Å². The summed E-state index contributed by atoms with van der Waals surface area (Å²) >= 11 is 0. The van der Waals surface area contributed by atoms with Crippen LogP contribution in [0.4, 0.5) is 0 Å². The molecule has 0 amide bonds. The Hall–Kier alpha value is -0.860. The third kappa shape index (κ3) is 3.49. The van der Waals surface area contributed by atoms with Gasteiger partial charge in [-0.25, -0.2) is 0 Å². The molecule has 0 radical (unpaired) electrons. The Morgan fingerprint density at radius 3 is 2.71 bits per heavy atom. The molecule has 0 spiro atoms. The van der Waals surface area contributed by atoms with E-state index >= 15 is 0 Å². The molecular weight excluding hydrogens is 258 g/mol. The Morgan fingerprint density at radius 1 is 1.38 bits per heavy atom. The van der Waals surface area contributed by atoms with Gasteiger partial charge in [-0.1, -0.05) is 43.5 Å². The van der Waals surface area contributed by atoms with Crippen LogP contribution < -0.4 is 5.32 Å². The van der Waals surface area contributed by atoms with Gasteiger partial charge in [0.2, 0.25) is 0 Å². The van der Waals surface area contributed by atoms with Crippen LogP contribution in [0.3, 0.4) is 0 Å². The van der Waals surface area contributed by atoms with Gasteiger partial charge in [-0.3, -0.25) is 0 Å². The van der Waals surface area contributed by atoms with Crippen LogP contribution in [0.5, 0.6) is 0 Å². The summed E-state index contributed by atoms with van der Waals surface area (Å²) < 4.78 is 6.37. The van der Waals surface area contributed by atoms with Gasteiger partial charge >= 0.3 is 0 Å². The first-order valence-corrected chi connectivity index (χ1v) is 8.40. The van der Waals surface area contributed by atoms with Crippen LogP contribution in [0, 0.1) is 19.8 Å². The SMILES string of the molecule is CCOC1(C(NC)c2ccc(C)cc2C)CCCC(C)C1. The van der Waals surface area contributed by atoms with Gasteiger partial charge in [0.05, 0.1) is 11.6 Å². The molecule has 2 heteroatoms. The van der Waals surface area contributed by atoms with Crippen molar-refractivity contribution in [2.24, 2.45) is 5.92 Å². The van der Waals surface area contributed by atoms with Crippen molar-refractivity contribution in [1.29, 1.82) is 0 Å². The molecule has 118 valence electrons. The second-order valence-electron chi connectivity index (χ2n) is 6.78. The van der Waals surface area contributed by atoms with Crippen LogP contribution in [-0.2, 0) is 4.74 Å². The molecule has 0 saturated heterocycles. The lowest BCUT2D eigenvalue weighted by Gasteiger charge is -2.46. The van der Waals surface area contributed by atoms with Gasteiger partial charge in [0.1, 0.15) is 0 Å². The molecule has 0 aliphatic heterocycles. The summed E-state index contributed by atoms with van der Waals surface area (Å²) in [5.41, 5.74) is 4.03. The van der Waals surface area contributed by atoms with Crippen LogP contribution in [0.25, 0.3) is 0 Å². The average Bonchev–Trinajstić information content (AvgIpc) is 2.42. The predicted molar refractivity (Wildman–Crippen MR) is 89.7 cm³/mol. The molecular formula is C19H31NO. The van der Waals surface area contributed by atoms with Gasteiger partial charge in [0.25, 0.3) is 0 Å². The number of benzene rings is 1. The normalized spacial score (nSPS) is 27.6. The molecule has 1 aromatic rings. The van der Waals surface area contributed by atoms with Crippen molar-refractivity contribution in [3.05, 3.63) is 34.9 Å². The quantitative estimate of drug-likeness (QED) is 0.858. The highest BCUT2D eigenvalue weighted by molar-refractivity contribution is 5.34. The molecule has 1 fully saturated rings. The van der Waals surface area contributed by atoms with E-state index in [4.69, 9.17) is 4.74 Å². The Labute approximate surface area is 130 Å². The maximum atomic E-state index is 6.37. The predicted octanol–water partition coefficient (Wildman–Crippen LogP) is 4.55. The van der Waals surface area contributed by atoms with E-state index in [1.54, 1.807) is 0 Å². The lowest BCUT2D eigenvalue weighted by atomic mass is 9.72. The summed E-state index contributed by atoms with van der Waals surface area (Å²) in [6.45, 7) is 9.65. The second-order valence-corrected chi connectivity index (χ2v) is 6.78. The highest BCUT2D eigenvalue weighted by atomic mass is 16.5. The highest BCUT2D eigenvalue weighted by Crippen LogP contribution is 2.44. The van der Waals surface area contributed by atoms with Crippen LogP contribution >= 0.6 is 0 Å². The Morgan fingerprint density at radius 2 is 2.14 bits per heavy atom. The van der Waals surface area contributed by atoms with Gasteiger partial charge in [-0.05, 0) is 57.7 Å². The summed E-state index contributed by atoms with van der Waals surface area (Å²) in [6, 6.07) is 7.07. The van der Waals surface area contributed by atoms with Crippen molar-refractivity contribution < 1.29 is 4.74 Å². The standard InChI is InChI=1S/C19H31NO/c1-6-21-19(11-7-8-15(3)13-19)18(20-5)17-10-9-14(2)12-16(17)4/h9-10,12,15,18,20H,6-8,11,13H2,1-5H3. The first kappa shape index (κ1) is 16.5. The molecule has 1 aliphatic rings. The summed E-state index contributed by atoms with van der Waals surface area (Å²) in [6.07, 6.45) is 4.91. The molecule has 1 aliphatic carbocycles. The minimum absolute atomic E-state index is 0.0544. The van der Waals surface area contributed by atoms with E-state index in [9.17, 15) is 0 Å². The average molecular weight is 289 g/mol. The minimum atomic E-state index is -0.0544. The van der Waals surface area contributed by atoms with Crippen molar-refractivity contribution >= 4 is 0 Å². The van der Waals surface area contributed by atoms with Crippen molar-refractivity contribution in [1.82, 2.24) is 5.32 Å². The first-order valence-electron chi connectivity index (χ1n) is 8.40. The molecule has 3 atom stereocenters. The van der Waals surface area contributed by atoms with Crippen LogP contribution in [0.1, 0.15) is 62.3 Å². The Balaban J connectivity index is 2.39. The number of aryl methyl sites for hydroxylation is 2. The molecule has 2 nitrogen and oxygen atoms in total. The molecule has 1 N–H and O–H groups in total. The summed E-state index contributed by atoms with van der Waals surface area (Å²) in [4.78, 5) is 0.